The lowest BCUT2D eigenvalue weighted by Gasteiger charge is -2.31. The third-order valence-electron chi connectivity index (χ3n) is 6.29. The molecular weight excluding hydrogens is 487 g/mol. The van der Waals surface area contributed by atoms with Crippen molar-refractivity contribution < 1.29 is 28.6 Å². The van der Waals surface area contributed by atoms with Gasteiger partial charge in [-0.15, -0.1) is 0 Å². The zero-order chi connectivity index (χ0) is 26.2. The van der Waals surface area contributed by atoms with Crippen LogP contribution < -0.4 is 4.74 Å². The predicted octanol–water partition coefficient (Wildman–Crippen LogP) is 5.13. The fourth-order valence-electron chi connectivity index (χ4n) is 4.37. The Morgan fingerprint density at radius 1 is 1.19 bits per heavy atom. The number of carbonyl (C=O) groups is 3. The zero-order valence-corrected chi connectivity index (χ0v) is 21.4. The summed E-state index contributed by atoms with van der Waals surface area (Å²) in [7, 11) is 0. The first-order chi connectivity index (χ1) is 17.2. The van der Waals surface area contributed by atoms with E-state index in [2.05, 4.69) is 11.8 Å². The summed E-state index contributed by atoms with van der Waals surface area (Å²) in [4.78, 5) is 38.5. The summed E-state index contributed by atoms with van der Waals surface area (Å²) in [5, 5.41) is 9.57. The van der Waals surface area contributed by atoms with E-state index in [9.17, 15) is 23.9 Å². The molecule has 7 nitrogen and oxygen atoms in total. The lowest BCUT2D eigenvalue weighted by Crippen LogP contribution is -2.33. The van der Waals surface area contributed by atoms with Gasteiger partial charge in [0.25, 0.3) is 0 Å². The Bertz CT molecular complexity index is 1090. The zero-order valence-electron chi connectivity index (χ0n) is 20.6. The van der Waals surface area contributed by atoms with Crippen LogP contribution in [0.5, 0.6) is 5.75 Å². The Hall–Kier alpha value is -2.97. The van der Waals surface area contributed by atoms with Crippen LogP contribution in [0.3, 0.4) is 0 Å². The fourth-order valence-corrected chi connectivity index (χ4v) is 4.49. The molecule has 0 aromatic heterocycles. The van der Waals surface area contributed by atoms with Crippen molar-refractivity contribution in [3.8, 4) is 5.75 Å². The molecule has 2 aromatic carbocycles. The molecule has 1 fully saturated rings. The summed E-state index contributed by atoms with van der Waals surface area (Å²) in [6.07, 6.45) is 2.14. The number of carboxylic acids is 1. The number of nitrogens with zero attached hydrogens (tertiary/aromatic N) is 2. The highest BCUT2D eigenvalue weighted by Crippen LogP contribution is 2.30. The molecule has 1 N–H and O–H groups in total. The van der Waals surface area contributed by atoms with Gasteiger partial charge >= 0.3 is 5.97 Å². The van der Waals surface area contributed by atoms with Crippen molar-refractivity contribution in [1.29, 1.82) is 0 Å². The average molecular weight is 519 g/mol. The topological polar surface area (TPSA) is 87.2 Å². The number of carboxylic acid groups (broad SMARTS) is 1. The second kappa shape index (κ2) is 12.8. The fraction of sp³-hybridized carbons (Fsp3) is 0.444. The molecule has 2 amide bonds. The minimum absolute atomic E-state index is 0.00221. The van der Waals surface area contributed by atoms with E-state index in [1.807, 2.05) is 25.1 Å². The highest BCUT2D eigenvalue weighted by Gasteiger charge is 2.28. The molecule has 0 bridgehead atoms. The van der Waals surface area contributed by atoms with Crippen molar-refractivity contribution in [3.63, 3.8) is 0 Å². The third-order valence-corrected chi connectivity index (χ3v) is 6.59. The SMILES string of the molecule is CCCCN(Cc1ccc(OCCN2C(=O)CCC2=O)c(C)c1)C(CC(=O)O)c1ccc(Cl)c(F)c1. The van der Waals surface area contributed by atoms with Crippen LogP contribution in [0.4, 0.5) is 4.39 Å². The lowest BCUT2D eigenvalue weighted by molar-refractivity contribution is -0.140. The number of aliphatic carboxylic acids is 1. The summed E-state index contributed by atoms with van der Waals surface area (Å²) in [6, 6.07) is 9.65. The van der Waals surface area contributed by atoms with Crippen LogP contribution in [0, 0.1) is 12.7 Å². The van der Waals surface area contributed by atoms with Crippen molar-refractivity contribution in [3.05, 3.63) is 63.9 Å². The van der Waals surface area contributed by atoms with Gasteiger partial charge in [-0.25, -0.2) is 4.39 Å². The molecule has 1 aliphatic heterocycles. The first-order valence-corrected chi connectivity index (χ1v) is 12.5. The molecule has 3 rings (SSSR count). The van der Waals surface area contributed by atoms with Gasteiger partial charge in [-0.05, 0) is 54.8 Å². The van der Waals surface area contributed by atoms with Gasteiger partial charge in [0.05, 0.1) is 18.0 Å². The van der Waals surface area contributed by atoms with Gasteiger partial charge in [0.2, 0.25) is 11.8 Å². The second-order valence-electron chi connectivity index (χ2n) is 9.00. The monoisotopic (exact) mass is 518 g/mol. The molecule has 9 heteroatoms. The van der Waals surface area contributed by atoms with Gasteiger partial charge in [0, 0.05) is 25.4 Å². The van der Waals surface area contributed by atoms with Gasteiger partial charge in [-0.1, -0.05) is 43.1 Å². The van der Waals surface area contributed by atoms with E-state index in [-0.39, 0.29) is 49.3 Å². The Morgan fingerprint density at radius 3 is 2.53 bits per heavy atom. The van der Waals surface area contributed by atoms with Crippen molar-refractivity contribution in [2.45, 2.75) is 58.5 Å². The number of benzene rings is 2. The van der Waals surface area contributed by atoms with E-state index in [0.29, 0.717) is 24.4 Å². The van der Waals surface area contributed by atoms with Crippen LogP contribution in [0.1, 0.15) is 61.8 Å². The van der Waals surface area contributed by atoms with Crippen LogP contribution in [-0.4, -0.2) is 52.4 Å². The molecule has 1 saturated heterocycles. The smallest absolute Gasteiger partial charge is 0.305 e. The highest BCUT2D eigenvalue weighted by atomic mass is 35.5. The number of rotatable bonds is 13. The van der Waals surface area contributed by atoms with E-state index in [0.717, 1.165) is 24.0 Å². The number of hydrogen-bond acceptors (Lipinski definition) is 5. The molecule has 1 atom stereocenters. The molecule has 194 valence electrons. The number of hydrogen-bond donors (Lipinski definition) is 1. The lowest BCUT2D eigenvalue weighted by atomic mass is 10.00. The van der Waals surface area contributed by atoms with Crippen LogP contribution in [0.2, 0.25) is 5.02 Å². The summed E-state index contributed by atoms with van der Waals surface area (Å²) in [5.41, 5.74) is 2.41. The van der Waals surface area contributed by atoms with Gasteiger partial charge in [-0.3, -0.25) is 24.2 Å². The summed E-state index contributed by atoms with van der Waals surface area (Å²) < 4.78 is 20.0. The van der Waals surface area contributed by atoms with E-state index in [1.54, 1.807) is 6.07 Å². The maximum atomic E-state index is 14.2. The van der Waals surface area contributed by atoms with Gasteiger partial charge in [0.15, 0.2) is 0 Å². The van der Waals surface area contributed by atoms with Gasteiger partial charge in [-0.2, -0.15) is 0 Å². The quantitative estimate of drug-likeness (QED) is 0.370. The van der Waals surface area contributed by atoms with Gasteiger partial charge in [0.1, 0.15) is 18.2 Å². The maximum absolute atomic E-state index is 14.2. The number of likely N-dealkylation sites (tertiary alicyclic amines) is 1. The molecular formula is C27H32ClFN2O5. The van der Waals surface area contributed by atoms with E-state index in [4.69, 9.17) is 16.3 Å². The summed E-state index contributed by atoms with van der Waals surface area (Å²) >= 11 is 5.85. The Balaban J connectivity index is 1.74. The third kappa shape index (κ3) is 7.27. The van der Waals surface area contributed by atoms with Crippen LogP contribution in [0.15, 0.2) is 36.4 Å². The minimum Gasteiger partial charge on any atom is -0.491 e. The van der Waals surface area contributed by atoms with Crippen molar-refractivity contribution in [2.75, 3.05) is 19.7 Å². The summed E-state index contributed by atoms with van der Waals surface area (Å²) in [6.45, 7) is 5.52. The number of imide groups is 1. The van der Waals surface area contributed by atoms with Crippen molar-refractivity contribution in [2.24, 2.45) is 0 Å². The summed E-state index contributed by atoms with van der Waals surface area (Å²) in [5.74, 6) is -1.22. The molecule has 2 aromatic rings. The molecule has 0 aliphatic carbocycles. The average Bonchev–Trinajstić information content (AvgIpc) is 3.15. The number of amides is 2. The largest absolute Gasteiger partial charge is 0.491 e. The molecule has 0 saturated carbocycles. The predicted molar refractivity (Wildman–Crippen MR) is 134 cm³/mol. The number of carbonyl (C=O) groups excluding carboxylic acids is 2. The first kappa shape index (κ1) is 27.6. The molecule has 1 unspecified atom stereocenters. The Labute approximate surface area is 215 Å². The minimum atomic E-state index is -0.966. The normalized spacial score (nSPS) is 14.5. The molecule has 1 aliphatic rings. The van der Waals surface area contributed by atoms with Crippen molar-refractivity contribution >= 4 is 29.4 Å². The maximum Gasteiger partial charge on any atom is 0.305 e. The van der Waals surface area contributed by atoms with E-state index < -0.39 is 17.8 Å². The number of aryl methyl sites for hydroxylation is 1. The molecule has 0 radical (unpaired) electrons. The highest BCUT2D eigenvalue weighted by molar-refractivity contribution is 6.30. The van der Waals surface area contributed by atoms with Gasteiger partial charge < -0.3 is 9.84 Å². The number of halogens is 2. The standard InChI is InChI=1S/C27H32ClFN2O5/c1-3-4-11-30(23(16-27(34)35)20-6-7-21(28)22(29)15-20)17-19-5-8-24(18(2)14-19)36-13-12-31-25(32)9-10-26(31)33/h5-8,14-15,23H,3-4,9-13,16-17H2,1-2H3,(H,34,35). The van der Waals surface area contributed by atoms with Crippen LogP contribution in [0.25, 0.3) is 0 Å². The Kier molecular flexibility index (Phi) is 9.84. The molecule has 36 heavy (non-hydrogen) atoms. The molecule has 1 heterocycles. The van der Waals surface area contributed by atoms with E-state index in [1.165, 1.54) is 17.0 Å². The second-order valence-corrected chi connectivity index (χ2v) is 9.41. The Morgan fingerprint density at radius 2 is 1.92 bits per heavy atom. The first-order valence-electron chi connectivity index (χ1n) is 12.2. The molecule has 0 spiro atoms. The number of ether oxygens (including phenoxy) is 1. The van der Waals surface area contributed by atoms with Crippen LogP contribution >= 0.6 is 11.6 Å². The number of unbranched alkanes of at least 4 members (excludes halogenated alkanes) is 1. The van der Waals surface area contributed by atoms with Crippen LogP contribution in [-0.2, 0) is 20.9 Å². The van der Waals surface area contributed by atoms with E-state index >= 15 is 0 Å². The van der Waals surface area contributed by atoms with Crippen molar-refractivity contribution in [1.82, 2.24) is 9.80 Å².